The minimum absolute atomic E-state index is 0.170. The first-order chi connectivity index (χ1) is 9.20. The number of halogens is 1. The molecule has 1 aromatic carbocycles. The Balaban J connectivity index is 2.03. The van der Waals surface area contributed by atoms with Gasteiger partial charge in [0.1, 0.15) is 0 Å². The Labute approximate surface area is 121 Å². The van der Waals surface area contributed by atoms with Gasteiger partial charge in [0.2, 0.25) is 0 Å². The first-order valence-corrected chi connectivity index (χ1v) is 7.03. The van der Waals surface area contributed by atoms with Gasteiger partial charge < -0.3 is 14.6 Å². The summed E-state index contributed by atoms with van der Waals surface area (Å²) in [4.78, 5) is 2.31. The quantitative estimate of drug-likeness (QED) is 0.922. The van der Waals surface area contributed by atoms with Crippen LogP contribution in [0.4, 0.5) is 0 Å². The smallest absolute Gasteiger partial charge is 0.165 e. The van der Waals surface area contributed by atoms with E-state index in [1.807, 2.05) is 18.2 Å². The van der Waals surface area contributed by atoms with Crippen molar-refractivity contribution in [2.45, 2.75) is 0 Å². The van der Waals surface area contributed by atoms with Gasteiger partial charge in [0.25, 0.3) is 0 Å². The fourth-order valence-electron chi connectivity index (χ4n) is 1.99. The van der Waals surface area contributed by atoms with Crippen LogP contribution in [0, 0.1) is 0 Å². The van der Waals surface area contributed by atoms with E-state index in [-0.39, 0.29) is 5.75 Å². The number of ether oxygens (including phenoxy) is 2. The Morgan fingerprint density at radius 1 is 1.42 bits per heavy atom. The summed E-state index contributed by atoms with van der Waals surface area (Å²) in [5.74, 6) is 0.643. The minimum Gasteiger partial charge on any atom is -0.504 e. The molecule has 1 aliphatic rings. The number of phenols is 1. The van der Waals surface area contributed by atoms with Crippen molar-refractivity contribution in [3.05, 3.63) is 28.2 Å². The molecule has 0 saturated carbocycles. The van der Waals surface area contributed by atoms with E-state index in [0.717, 1.165) is 42.9 Å². The van der Waals surface area contributed by atoms with Crippen LogP contribution in [-0.4, -0.2) is 50.0 Å². The van der Waals surface area contributed by atoms with Crippen LogP contribution in [0.1, 0.15) is 5.56 Å². The van der Waals surface area contributed by atoms with Gasteiger partial charge in [-0.3, -0.25) is 4.90 Å². The van der Waals surface area contributed by atoms with E-state index in [9.17, 15) is 5.11 Å². The van der Waals surface area contributed by atoms with Gasteiger partial charge in [-0.05, 0) is 12.1 Å². The Morgan fingerprint density at radius 2 is 2.16 bits per heavy atom. The number of morpholine rings is 1. The molecule has 1 heterocycles. The van der Waals surface area contributed by atoms with Gasteiger partial charge in [0.15, 0.2) is 11.5 Å². The highest BCUT2D eigenvalue weighted by Gasteiger charge is 2.09. The van der Waals surface area contributed by atoms with Gasteiger partial charge in [-0.15, -0.1) is 0 Å². The number of benzene rings is 1. The highest BCUT2D eigenvalue weighted by atomic mass is 79.9. The molecule has 104 valence electrons. The van der Waals surface area contributed by atoms with E-state index in [4.69, 9.17) is 9.47 Å². The van der Waals surface area contributed by atoms with E-state index < -0.39 is 0 Å². The summed E-state index contributed by atoms with van der Waals surface area (Å²) in [6, 6.07) is 3.61. The molecule has 0 amide bonds. The normalized spacial score (nSPS) is 16.9. The summed E-state index contributed by atoms with van der Waals surface area (Å²) < 4.78 is 11.3. The van der Waals surface area contributed by atoms with Gasteiger partial charge in [-0.25, -0.2) is 0 Å². The zero-order chi connectivity index (χ0) is 13.7. The highest BCUT2D eigenvalue weighted by Crippen LogP contribution is 2.34. The summed E-state index contributed by atoms with van der Waals surface area (Å²) in [6.07, 6.45) is 3.96. The Kier molecular flexibility index (Phi) is 5.24. The molecule has 0 spiro atoms. The van der Waals surface area contributed by atoms with Crippen molar-refractivity contribution in [3.8, 4) is 11.5 Å². The van der Waals surface area contributed by atoms with E-state index in [1.54, 1.807) is 13.2 Å². The van der Waals surface area contributed by atoms with Crippen molar-refractivity contribution in [3.63, 3.8) is 0 Å². The first kappa shape index (κ1) is 14.4. The molecule has 1 aromatic rings. The molecule has 1 fully saturated rings. The number of hydrogen-bond donors (Lipinski definition) is 1. The third kappa shape index (κ3) is 3.96. The molecule has 5 heteroatoms. The van der Waals surface area contributed by atoms with Crippen molar-refractivity contribution in [2.75, 3.05) is 40.0 Å². The molecule has 19 heavy (non-hydrogen) atoms. The van der Waals surface area contributed by atoms with Crippen LogP contribution in [0.15, 0.2) is 22.7 Å². The molecule has 1 aliphatic heterocycles. The zero-order valence-corrected chi connectivity index (χ0v) is 12.5. The molecule has 0 atom stereocenters. The highest BCUT2D eigenvalue weighted by molar-refractivity contribution is 9.10. The lowest BCUT2D eigenvalue weighted by Crippen LogP contribution is -2.36. The summed E-state index contributed by atoms with van der Waals surface area (Å²) in [5.41, 5.74) is 0.750. The molecule has 1 N–H and O–H groups in total. The van der Waals surface area contributed by atoms with Gasteiger partial charge in [0.05, 0.1) is 20.3 Å². The average molecular weight is 328 g/mol. The average Bonchev–Trinajstić information content (AvgIpc) is 2.43. The maximum atomic E-state index is 10.0. The van der Waals surface area contributed by atoms with Gasteiger partial charge in [-0.2, -0.15) is 0 Å². The number of methoxy groups -OCH3 is 1. The van der Waals surface area contributed by atoms with E-state index in [1.165, 1.54) is 0 Å². The second-order valence-electron chi connectivity index (χ2n) is 4.36. The lowest BCUT2D eigenvalue weighted by Gasteiger charge is -2.25. The predicted octanol–water partition coefficient (Wildman–Crippen LogP) is 2.51. The topological polar surface area (TPSA) is 41.9 Å². The van der Waals surface area contributed by atoms with Crippen molar-refractivity contribution in [1.29, 1.82) is 0 Å². The van der Waals surface area contributed by atoms with E-state index in [2.05, 4.69) is 20.8 Å². The zero-order valence-electron chi connectivity index (χ0n) is 10.9. The van der Waals surface area contributed by atoms with Crippen LogP contribution in [0.2, 0.25) is 0 Å². The maximum absolute atomic E-state index is 10.0. The van der Waals surface area contributed by atoms with Crippen molar-refractivity contribution >= 4 is 22.0 Å². The molecule has 0 aliphatic carbocycles. The molecular weight excluding hydrogens is 310 g/mol. The number of hydrogen-bond acceptors (Lipinski definition) is 4. The van der Waals surface area contributed by atoms with Crippen molar-refractivity contribution < 1.29 is 14.6 Å². The number of aromatic hydroxyl groups is 1. The van der Waals surface area contributed by atoms with Gasteiger partial charge in [-0.1, -0.05) is 28.1 Å². The number of rotatable bonds is 4. The SMILES string of the molecule is COc1cc(Br)cc(C=CCN2CCOCC2)c1O. The third-order valence-electron chi connectivity index (χ3n) is 3.05. The number of phenolic OH excluding ortho intramolecular Hbond substituents is 1. The lowest BCUT2D eigenvalue weighted by molar-refractivity contribution is 0.0435. The van der Waals surface area contributed by atoms with E-state index >= 15 is 0 Å². The first-order valence-electron chi connectivity index (χ1n) is 6.24. The molecule has 0 aromatic heterocycles. The predicted molar refractivity (Wildman–Crippen MR) is 78.7 cm³/mol. The monoisotopic (exact) mass is 327 g/mol. The molecule has 2 rings (SSSR count). The summed E-state index contributed by atoms with van der Waals surface area (Å²) in [6.45, 7) is 4.36. The molecular formula is C14H18BrNO3. The molecule has 1 saturated heterocycles. The molecule has 0 unspecified atom stereocenters. The van der Waals surface area contributed by atoms with Crippen LogP contribution in [0.5, 0.6) is 11.5 Å². The van der Waals surface area contributed by atoms with Crippen LogP contribution in [0.25, 0.3) is 6.08 Å². The van der Waals surface area contributed by atoms with Crippen molar-refractivity contribution in [1.82, 2.24) is 4.90 Å². The maximum Gasteiger partial charge on any atom is 0.165 e. The number of nitrogens with zero attached hydrogens (tertiary/aromatic N) is 1. The van der Waals surface area contributed by atoms with E-state index in [0.29, 0.717) is 5.75 Å². The van der Waals surface area contributed by atoms with Crippen LogP contribution in [0.3, 0.4) is 0 Å². The Hall–Kier alpha value is -1.04. The van der Waals surface area contributed by atoms with Crippen LogP contribution < -0.4 is 4.74 Å². The standard InChI is InChI=1S/C14H18BrNO3/c1-18-13-10-12(15)9-11(14(13)17)3-2-4-16-5-7-19-8-6-16/h2-3,9-10,17H,4-8H2,1H3. The molecule has 0 bridgehead atoms. The minimum atomic E-state index is 0.170. The van der Waals surface area contributed by atoms with Gasteiger partial charge >= 0.3 is 0 Å². The van der Waals surface area contributed by atoms with Crippen LogP contribution >= 0.6 is 15.9 Å². The van der Waals surface area contributed by atoms with Gasteiger partial charge in [0, 0.05) is 29.7 Å². The van der Waals surface area contributed by atoms with Crippen LogP contribution in [-0.2, 0) is 4.74 Å². The summed E-state index contributed by atoms with van der Waals surface area (Å²) >= 11 is 3.40. The Bertz CT molecular complexity index is 456. The summed E-state index contributed by atoms with van der Waals surface area (Å²) in [7, 11) is 1.54. The van der Waals surface area contributed by atoms with Crippen molar-refractivity contribution in [2.24, 2.45) is 0 Å². The molecule has 0 radical (unpaired) electrons. The third-order valence-corrected chi connectivity index (χ3v) is 3.51. The Morgan fingerprint density at radius 3 is 2.84 bits per heavy atom. The fourth-order valence-corrected chi connectivity index (χ4v) is 2.44. The second kappa shape index (κ2) is 6.93. The fraction of sp³-hybridized carbons (Fsp3) is 0.429. The second-order valence-corrected chi connectivity index (χ2v) is 5.28. The molecule has 4 nitrogen and oxygen atoms in total. The summed E-state index contributed by atoms with van der Waals surface area (Å²) in [5, 5.41) is 10.0. The lowest BCUT2D eigenvalue weighted by atomic mass is 10.1. The largest absolute Gasteiger partial charge is 0.504 e.